The van der Waals surface area contributed by atoms with Crippen LogP contribution in [0.15, 0.2) is 0 Å². The van der Waals surface area contributed by atoms with E-state index in [1.54, 1.807) is 11.8 Å². The SMILES string of the molecule is CC1CCC(=O)CC1SC(C)(C)CO. The van der Waals surface area contributed by atoms with Crippen molar-refractivity contribution in [3.05, 3.63) is 0 Å². The lowest BCUT2D eigenvalue weighted by Crippen LogP contribution is -2.32. The summed E-state index contributed by atoms with van der Waals surface area (Å²) >= 11 is 1.76. The lowest BCUT2D eigenvalue weighted by Gasteiger charge is -2.33. The lowest BCUT2D eigenvalue weighted by molar-refractivity contribution is -0.120. The highest BCUT2D eigenvalue weighted by molar-refractivity contribution is 8.01. The summed E-state index contributed by atoms with van der Waals surface area (Å²) in [5, 5.41) is 9.57. The second kappa shape index (κ2) is 4.67. The molecule has 0 bridgehead atoms. The van der Waals surface area contributed by atoms with Gasteiger partial charge in [-0.1, -0.05) is 6.92 Å². The fourth-order valence-corrected chi connectivity index (χ4v) is 3.24. The van der Waals surface area contributed by atoms with Gasteiger partial charge < -0.3 is 5.11 Å². The molecule has 1 saturated carbocycles. The molecule has 0 aromatic carbocycles. The topological polar surface area (TPSA) is 37.3 Å². The number of carbonyl (C=O) groups is 1. The molecule has 1 fully saturated rings. The summed E-state index contributed by atoms with van der Waals surface area (Å²) in [6, 6.07) is 0. The van der Waals surface area contributed by atoms with Gasteiger partial charge in [0.2, 0.25) is 0 Å². The number of hydrogen-bond acceptors (Lipinski definition) is 3. The van der Waals surface area contributed by atoms with E-state index in [0.29, 0.717) is 23.4 Å². The van der Waals surface area contributed by atoms with E-state index in [1.807, 2.05) is 13.8 Å². The van der Waals surface area contributed by atoms with Gasteiger partial charge in [0.25, 0.3) is 0 Å². The third-order valence-corrected chi connectivity index (χ3v) is 4.49. The summed E-state index contributed by atoms with van der Waals surface area (Å²) in [6.45, 7) is 6.44. The normalized spacial score (nSPS) is 29.3. The Balaban J connectivity index is 2.53. The molecule has 0 aromatic rings. The summed E-state index contributed by atoms with van der Waals surface area (Å²) < 4.78 is -0.115. The molecule has 0 heterocycles. The molecule has 14 heavy (non-hydrogen) atoms. The lowest BCUT2D eigenvalue weighted by atomic mass is 9.89. The molecule has 2 nitrogen and oxygen atoms in total. The van der Waals surface area contributed by atoms with Crippen LogP contribution in [0, 0.1) is 5.92 Å². The molecule has 82 valence electrons. The summed E-state index contributed by atoms with van der Waals surface area (Å²) in [4.78, 5) is 11.3. The van der Waals surface area contributed by atoms with Gasteiger partial charge in [-0.05, 0) is 26.2 Å². The van der Waals surface area contributed by atoms with Crippen molar-refractivity contribution in [3.8, 4) is 0 Å². The molecule has 0 aromatic heterocycles. The van der Waals surface area contributed by atoms with Crippen LogP contribution < -0.4 is 0 Å². The summed E-state index contributed by atoms with van der Waals surface area (Å²) in [5.41, 5.74) is 0. The number of thioether (sulfide) groups is 1. The van der Waals surface area contributed by atoms with Crippen molar-refractivity contribution in [2.75, 3.05) is 6.61 Å². The van der Waals surface area contributed by atoms with Crippen molar-refractivity contribution in [2.24, 2.45) is 5.92 Å². The third-order valence-electron chi connectivity index (χ3n) is 2.79. The van der Waals surface area contributed by atoms with Crippen LogP contribution in [-0.2, 0) is 4.79 Å². The van der Waals surface area contributed by atoms with E-state index in [9.17, 15) is 9.90 Å². The van der Waals surface area contributed by atoms with Crippen molar-refractivity contribution < 1.29 is 9.90 Å². The molecule has 0 amide bonds. The van der Waals surface area contributed by atoms with Crippen LogP contribution in [0.25, 0.3) is 0 Å². The minimum atomic E-state index is -0.115. The monoisotopic (exact) mass is 216 g/mol. The molecule has 0 spiro atoms. The summed E-state index contributed by atoms with van der Waals surface area (Å²) in [6.07, 6.45) is 2.45. The van der Waals surface area contributed by atoms with E-state index in [4.69, 9.17) is 0 Å². The standard InChI is InChI=1S/C11H20O2S/c1-8-4-5-9(13)6-10(8)14-11(2,3)7-12/h8,10,12H,4-7H2,1-3H3. The van der Waals surface area contributed by atoms with Gasteiger partial charge in [-0.25, -0.2) is 0 Å². The van der Waals surface area contributed by atoms with Crippen LogP contribution >= 0.6 is 11.8 Å². The van der Waals surface area contributed by atoms with Crippen LogP contribution in [0.1, 0.15) is 40.0 Å². The van der Waals surface area contributed by atoms with Crippen LogP contribution in [-0.4, -0.2) is 27.5 Å². The highest BCUT2D eigenvalue weighted by Crippen LogP contribution is 2.38. The second-order valence-corrected chi connectivity index (χ2v) is 6.78. The number of carbonyl (C=O) groups excluding carboxylic acids is 1. The van der Waals surface area contributed by atoms with Gasteiger partial charge in [-0.3, -0.25) is 4.79 Å². The van der Waals surface area contributed by atoms with E-state index in [2.05, 4.69) is 6.92 Å². The molecule has 1 aliphatic carbocycles. The number of aliphatic hydroxyl groups excluding tert-OH is 1. The van der Waals surface area contributed by atoms with Crippen molar-refractivity contribution in [1.29, 1.82) is 0 Å². The number of ketones is 1. The zero-order chi connectivity index (χ0) is 10.8. The number of Topliss-reactive ketones (excluding diaryl/α,β-unsaturated/α-hetero) is 1. The van der Waals surface area contributed by atoms with E-state index in [0.717, 1.165) is 12.8 Å². The van der Waals surface area contributed by atoms with E-state index in [1.165, 1.54) is 0 Å². The third kappa shape index (κ3) is 3.28. The fraction of sp³-hybridized carbons (Fsp3) is 0.909. The molecule has 2 atom stereocenters. The van der Waals surface area contributed by atoms with Crippen LogP contribution in [0.5, 0.6) is 0 Å². The van der Waals surface area contributed by atoms with E-state index < -0.39 is 0 Å². The predicted molar refractivity (Wildman–Crippen MR) is 60.6 cm³/mol. The Kier molecular flexibility index (Phi) is 4.02. The Morgan fingerprint density at radius 1 is 1.57 bits per heavy atom. The van der Waals surface area contributed by atoms with Gasteiger partial charge in [0.1, 0.15) is 5.78 Å². The quantitative estimate of drug-likeness (QED) is 0.786. The van der Waals surface area contributed by atoms with Gasteiger partial charge >= 0.3 is 0 Å². The molecular formula is C11H20O2S. The zero-order valence-corrected chi connectivity index (χ0v) is 10.1. The molecule has 1 aliphatic rings. The van der Waals surface area contributed by atoms with Crippen molar-refractivity contribution in [2.45, 2.75) is 50.0 Å². The van der Waals surface area contributed by atoms with Crippen LogP contribution in [0.4, 0.5) is 0 Å². The van der Waals surface area contributed by atoms with Crippen molar-refractivity contribution in [1.82, 2.24) is 0 Å². The number of aliphatic hydroxyl groups is 1. The fourth-order valence-electron chi connectivity index (χ4n) is 1.71. The maximum absolute atomic E-state index is 11.3. The van der Waals surface area contributed by atoms with E-state index >= 15 is 0 Å². The van der Waals surface area contributed by atoms with Crippen LogP contribution in [0.3, 0.4) is 0 Å². The average molecular weight is 216 g/mol. The highest BCUT2D eigenvalue weighted by atomic mass is 32.2. The molecule has 0 radical (unpaired) electrons. The molecule has 2 unspecified atom stereocenters. The van der Waals surface area contributed by atoms with Gasteiger partial charge in [0, 0.05) is 22.8 Å². The Bertz CT molecular complexity index is 213. The Morgan fingerprint density at radius 3 is 2.79 bits per heavy atom. The summed E-state index contributed by atoms with van der Waals surface area (Å²) in [7, 11) is 0. The molecule has 0 saturated heterocycles. The molecule has 0 aliphatic heterocycles. The maximum atomic E-state index is 11.3. The number of rotatable bonds is 3. The van der Waals surface area contributed by atoms with Crippen molar-refractivity contribution >= 4 is 17.5 Å². The highest BCUT2D eigenvalue weighted by Gasteiger charge is 2.31. The second-order valence-electron chi connectivity index (χ2n) is 4.83. The molecule has 3 heteroatoms. The molecular weight excluding hydrogens is 196 g/mol. The average Bonchev–Trinajstić information content (AvgIpc) is 2.11. The zero-order valence-electron chi connectivity index (χ0n) is 9.25. The smallest absolute Gasteiger partial charge is 0.134 e. The van der Waals surface area contributed by atoms with E-state index in [-0.39, 0.29) is 11.4 Å². The largest absolute Gasteiger partial charge is 0.395 e. The van der Waals surface area contributed by atoms with Crippen LogP contribution in [0.2, 0.25) is 0 Å². The van der Waals surface area contributed by atoms with Gasteiger partial charge in [0.15, 0.2) is 0 Å². The summed E-state index contributed by atoms with van der Waals surface area (Å²) in [5.74, 6) is 0.984. The first-order valence-corrected chi connectivity index (χ1v) is 6.13. The first-order chi connectivity index (χ1) is 6.44. The Morgan fingerprint density at radius 2 is 2.21 bits per heavy atom. The van der Waals surface area contributed by atoms with Gasteiger partial charge in [-0.2, -0.15) is 0 Å². The first kappa shape index (κ1) is 12.1. The van der Waals surface area contributed by atoms with Crippen molar-refractivity contribution in [3.63, 3.8) is 0 Å². The molecule has 1 rings (SSSR count). The number of hydrogen-bond donors (Lipinski definition) is 1. The Hall–Kier alpha value is -0.0200. The maximum Gasteiger partial charge on any atom is 0.134 e. The minimum absolute atomic E-state index is 0.115. The van der Waals surface area contributed by atoms with Gasteiger partial charge in [0.05, 0.1) is 6.61 Å². The minimum Gasteiger partial charge on any atom is -0.395 e. The molecule has 1 N–H and O–H groups in total. The Labute approximate surface area is 90.5 Å². The predicted octanol–water partition coefficient (Wildman–Crippen LogP) is 2.25. The van der Waals surface area contributed by atoms with Gasteiger partial charge in [-0.15, -0.1) is 11.8 Å². The first-order valence-electron chi connectivity index (χ1n) is 5.25.